The van der Waals surface area contributed by atoms with Crippen molar-refractivity contribution in [3.05, 3.63) is 52.9 Å². The first-order chi connectivity index (χ1) is 14.4. The van der Waals surface area contributed by atoms with Gasteiger partial charge in [-0.2, -0.15) is 0 Å². The monoisotopic (exact) mass is 411 g/mol. The lowest BCUT2D eigenvalue weighted by atomic mass is 9.71. The lowest BCUT2D eigenvalue weighted by Gasteiger charge is -2.44. The molecule has 1 N–H and O–H groups in total. The van der Waals surface area contributed by atoms with Crippen LogP contribution in [-0.2, 0) is 14.9 Å². The number of methoxy groups -OCH3 is 1. The molecule has 1 spiro atoms. The zero-order valence-corrected chi connectivity index (χ0v) is 18.0. The van der Waals surface area contributed by atoms with E-state index in [0.29, 0.717) is 24.5 Å². The molecule has 1 aromatic carbocycles. The van der Waals surface area contributed by atoms with Crippen molar-refractivity contribution in [2.45, 2.75) is 51.2 Å². The zero-order valence-electron chi connectivity index (χ0n) is 18.0. The number of aromatic nitrogens is 1. The highest BCUT2D eigenvalue weighted by Crippen LogP contribution is 2.52. The maximum atomic E-state index is 12.8. The lowest BCUT2D eigenvalue weighted by Crippen LogP contribution is -2.52. The first-order valence-electron chi connectivity index (χ1n) is 10.5. The van der Waals surface area contributed by atoms with Crippen molar-refractivity contribution in [2.24, 2.45) is 5.92 Å². The van der Waals surface area contributed by atoms with Gasteiger partial charge < -0.3 is 19.5 Å². The van der Waals surface area contributed by atoms with Gasteiger partial charge in [0.2, 0.25) is 5.91 Å². The first-order valence-corrected chi connectivity index (χ1v) is 10.5. The van der Waals surface area contributed by atoms with Crippen LogP contribution in [0.4, 0.5) is 0 Å². The quantitative estimate of drug-likeness (QED) is 0.836. The van der Waals surface area contributed by atoms with Crippen LogP contribution in [0, 0.1) is 12.8 Å². The van der Waals surface area contributed by atoms with Crippen LogP contribution in [0.25, 0.3) is 0 Å². The minimum atomic E-state index is -0.239. The molecule has 1 fully saturated rings. The van der Waals surface area contributed by atoms with Gasteiger partial charge in [-0.05, 0) is 30.9 Å². The summed E-state index contributed by atoms with van der Waals surface area (Å²) < 4.78 is 11.1. The molecular formula is C23H29N3O4. The minimum absolute atomic E-state index is 0.0166. The summed E-state index contributed by atoms with van der Waals surface area (Å²) in [6.07, 6.45) is 1.35. The van der Waals surface area contributed by atoms with Crippen LogP contribution in [0.5, 0.6) is 0 Å². The van der Waals surface area contributed by atoms with Crippen molar-refractivity contribution < 1.29 is 18.8 Å². The third kappa shape index (κ3) is 3.31. The normalized spacial score (nSPS) is 22.4. The number of piperidine rings is 1. The number of hydrogen-bond donors (Lipinski definition) is 1. The third-order valence-electron chi connectivity index (χ3n) is 6.55. The van der Waals surface area contributed by atoms with Gasteiger partial charge in [-0.25, -0.2) is 0 Å². The number of nitrogens with one attached hydrogen (secondary N) is 1. The molecule has 2 aliphatic rings. The topological polar surface area (TPSA) is 84.7 Å². The van der Waals surface area contributed by atoms with Gasteiger partial charge >= 0.3 is 0 Å². The Balaban J connectivity index is 1.60. The van der Waals surface area contributed by atoms with Crippen molar-refractivity contribution in [1.29, 1.82) is 0 Å². The molecule has 1 aliphatic carbocycles. The molecule has 4 rings (SSSR count). The van der Waals surface area contributed by atoms with E-state index in [1.54, 1.807) is 20.1 Å². The predicted octanol–water partition coefficient (Wildman–Crippen LogP) is 3.00. The van der Waals surface area contributed by atoms with Crippen molar-refractivity contribution in [2.75, 3.05) is 20.2 Å². The second-order valence-electron chi connectivity index (χ2n) is 8.66. The summed E-state index contributed by atoms with van der Waals surface area (Å²) in [5.74, 6) is 0.436. The number of carbonyl (C=O) groups excluding carboxylic acids is 2. The zero-order chi connectivity index (χ0) is 21.5. The fourth-order valence-electron chi connectivity index (χ4n) is 4.98. The molecule has 1 aliphatic heterocycles. The number of fused-ring (bicyclic) bond motifs is 2. The van der Waals surface area contributed by atoms with Gasteiger partial charge in [0.1, 0.15) is 5.76 Å². The van der Waals surface area contributed by atoms with Crippen LogP contribution in [0.2, 0.25) is 0 Å². The van der Waals surface area contributed by atoms with Crippen LogP contribution in [0.3, 0.4) is 0 Å². The van der Waals surface area contributed by atoms with E-state index in [9.17, 15) is 9.59 Å². The average molecular weight is 412 g/mol. The summed E-state index contributed by atoms with van der Waals surface area (Å²) >= 11 is 0. The Labute approximate surface area is 176 Å². The van der Waals surface area contributed by atoms with E-state index < -0.39 is 0 Å². The van der Waals surface area contributed by atoms with E-state index in [4.69, 9.17) is 9.26 Å². The van der Waals surface area contributed by atoms with Gasteiger partial charge in [-0.1, -0.05) is 43.3 Å². The van der Waals surface area contributed by atoms with Gasteiger partial charge in [0, 0.05) is 37.6 Å². The molecule has 0 unspecified atom stereocenters. The van der Waals surface area contributed by atoms with Crippen molar-refractivity contribution in [1.82, 2.24) is 15.4 Å². The molecule has 1 saturated heterocycles. The van der Waals surface area contributed by atoms with Crippen LogP contribution in [0.15, 0.2) is 34.9 Å². The van der Waals surface area contributed by atoms with Crippen molar-refractivity contribution in [3.8, 4) is 0 Å². The van der Waals surface area contributed by atoms with Crippen molar-refractivity contribution in [3.63, 3.8) is 0 Å². The van der Waals surface area contributed by atoms with Gasteiger partial charge in [0.05, 0.1) is 12.1 Å². The Bertz CT molecular complexity index is 943. The molecule has 2 atom stereocenters. The summed E-state index contributed by atoms with van der Waals surface area (Å²) in [7, 11) is 1.71. The number of carbonyl (C=O) groups is 2. The summed E-state index contributed by atoms with van der Waals surface area (Å²) in [4.78, 5) is 27.2. The predicted molar refractivity (Wildman–Crippen MR) is 111 cm³/mol. The van der Waals surface area contributed by atoms with E-state index in [-0.39, 0.29) is 35.3 Å². The first kappa shape index (κ1) is 20.6. The lowest BCUT2D eigenvalue weighted by molar-refractivity contribution is -0.126. The van der Waals surface area contributed by atoms with Gasteiger partial charge in [-0.3, -0.25) is 9.59 Å². The van der Waals surface area contributed by atoms with Gasteiger partial charge in [0.15, 0.2) is 5.69 Å². The fourth-order valence-corrected chi connectivity index (χ4v) is 4.98. The van der Waals surface area contributed by atoms with E-state index in [2.05, 4.69) is 22.6 Å². The second kappa shape index (κ2) is 7.87. The molecule has 2 amide bonds. The Morgan fingerprint density at radius 1 is 1.27 bits per heavy atom. The third-order valence-corrected chi connectivity index (χ3v) is 6.55. The minimum Gasteiger partial charge on any atom is -0.378 e. The molecule has 160 valence electrons. The summed E-state index contributed by atoms with van der Waals surface area (Å²) in [6, 6.07) is 9.74. The highest BCUT2D eigenvalue weighted by molar-refractivity contribution is 5.92. The number of hydrogen-bond acceptors (Lipinski definition) is 5. The molecule has 7 nitrogen and oxygen atoms in total. The molecule has 2 aromatic rings. The molecule has 1 aromatic heterocycles. The van der Waals surface area contributed by atoms with E-state index >= 15 is 0 Å². The van der Waals surface area contributed by atoms with E-state index in [0.717, 1.165) is 18.4 Å². The molecule has 7 heteroatoms. The number of likely N-dealkylation sites (tertiary alicyclic amines) is 1. The van der Waals surface area contributed by atoms with Crippen LogP contribution >= 0.6 is 0 Å². The van der Waals surface area contributed by atoms with E-state index in [1.807, 2.05) is 30.9 Å². The maximum absolute atomic E-state index is 12.8. The van der Waals surface area contributed by atoms with Crippen molar-refractivity contribution >= 4 is 11.8 Å². The fraction of sp³-hybridized carbons (Fsp3) is 0.522. The standard InChI is InChI=1S/C23H29N3O4/c1-14(2)21(27)24-19-16-7-5-6-8-17(16)23(20(19)29-4)9-11-26(12-10-23)22(28)18-13-15(3)30-25-18/h5-8,13-14,19-20H,9-12H2,1-4H3,(H,24,27)/t19-,20+/m1/s1. The van der Waals surface area contributed by atoms with Crippen LogP contribution in [-0.4, -0.2) is 48.2 Å². The smallest absolute Gasteiger partial charge is 0.276 e. The molecule has 0 bridgehead atoms. The van der Waals surface area contributed by atoms with Gasteiger partial charge in [0.25, 0.3) is 5.91 Å². The number of aryl methyl sites for hydroxylation is 1. The van der Waals surface area contributed by atoms with Crippen LogP contribution < -0.4 is 5.32 Å². The highest BCUT2D eigenvalue weighted by atomic mass is 16.5. The molecule has 30 heavy (non-hydrogen) atoms. The Morgan fingerprint density at radius 3 is 2.57 bits per heavy atom. The van der Waals surface area contributed by atoms with Crippen LogP contribution in [0.1, 0.15) is 60.1 Å². The molecule has 0 radical (unpaired) electrons. The molecule has 0 saturated carbocycles. The number of benzene rings is 1. The number of ether oxygens (including phenoxy) is 1. The molecular weight excluding hydrogens is 382 g/mol. The Kier molecular flexibility index (Phi) is 5.40. The Hall–Kier alpha value is -2.67. The summed E-state index contributed by atoms with van der Waals surface area (Å²) in [6.45, 7) is 6.76. The van der Waals surface area contributed by atoms with E-state index in [1.165, 1.54) is 5.56 Å². The highest BCUT2D eigenvalue weighted by Gasteiger charge is 2.54. The summed E-state index contributed by atoms with van der Waals surface area (Å²) in [5.41, 5.74) is 2.44. The molecule has 2 heterocycles. The SMILES string of the molecule is CO[C@H]1[C@H](NC(=O)C(C)C)c2ccccc2C12CCN(C(=O)c1cc(C)on1)CC2. The second-order valence-corrected chi connectivity index (χ2v) is 8.66. The largest absolute Gasteiger partial charge is 0.378 e. The maximum Gasteiger partial charge on any atom is 0.276 e. The number of amides is 2. The number of rotatable bonds is 4. The Morgan fingerprint density at radius 2 is 1.97 bits per heavy atom. The number of nitrogens with zero attached hydrogens (tertiary/aromatic N) is 2. The average Bonchev–Trinajstić information content (AvgIpc) is 3.28. The summed E-state index contributed by atoms with van der Waals surface area (Å²) in [5, 5.41) is 7.07. The van der Waals surface area contributed by atoms with Gasteiger partial charge in [-0.15, -0.1) is 0 Å².